The molecule has 0 atom stereocenters. The monoisotopic (exact) mass is 384 g/mol. The highest BCUT2D eigenvalue weighted by atomic mass is 16.6. The summed E-state index contributed by atoms with van der Waals surface area (Å²) < 4.78 is 5.51. The molecule has 0 spiro atoms. The first-order valence-corrected chi connectivity index (χ1v) is 9.34. The van der Waals surface area contributed by atoms with Crippen molar-refractivity contribution in [2.75, 3.05) is 6.54 Å². The summed E-state index contributed by atoms with van der Waals surface area (Å²) in [4.78, 5) is 29.7. The first kappa shape index (κ1) is 21.4. The van der Waals surface area contributed by atoms with Gasteiger partial charge in [0.2, 0.25) is 0 Å². The third-order valence-corrected chi connectivity index (χ3v) is 4.07. The number of amides is 1. The first-order valence-electron chi connectivity index (χ1n) is 9.34. The second kappa shape index (κ2) is 8.87. The van der Waals surface area contributed by atoms with E-state index >= 15 is 0 Å². The Hall–Kier alpha value is -2.89. The van der Waals surface area contributed by atoms with Gasteiger partial charge < -0.3 is 14.7 Å². The maximum atomic E-state index is 12.5. The molecule has 0 saturated carbocycles. The van der Waals surface area contributed by atoms with Gasteiger partial charge in [-0.2, -0.15) is 0 Å². The zero-order valence-corrected chi connectivity index (χ0v) is 17.2. The van der Waals surface area contributed by atoms with Crippen LogP contribution in [0, 0.1) is 6.92 Å². The Balaban J connectivity index is 2.37. The lowest BCUT2D eigenvalue weighted by Gasteiger charge is -2.27. The predicted octanol–water partition coefficient (Wildman–Crippen LogP) is 4.44. The van der Waals surface area contributed by atoms with Crippen LogP contribution in [0.3, 0.4) is 0 Å². The second-order valence-electron chi connectivity index (χ2n) is 7.74. The standard InChI is InChI=1S/C22H28N2O4/c1-6-24(21(27)28-22(3,4)5)14-16-12-15(2)10-11-18(16)19-9-7-8-17(23-19)13-20(25)26/h7-12H,6,13-14H2,1-5H3,(H,25,26). The average molecular weight is 384 g/mol. The molecule has 1 aromatic heterocycles. The van der Waals surface area contributed by atoms with Crippen LogP contribution in [0.1, 0.15) is 44.5 Å². The van der Waals surface area contributed by atoms with Crippen LogP contribution >= 0.6 is 0 Å². The van der Waals surface area contributed by atoms with Crippen LogP contribution in [-0.2, 0) is 22.5 Å². The topological polar surface area (TPSA) is 79.7 Å². The van der Waals surface area contributed by atoms with E-state index in [-0.39, 0.29) is 12.5 Å². The summed E-state index contributed by atoms with van der Waals surface area (Å²) in [7, 11) is 0. The molecule has 0 bridgehead atoms. The second-order valence-corrected chi connectivity index (χ2v) is 7.74. The van der Waals surface area contributed by atoms with E-state index in [0.717, 1.165) is 16.7 Å². The number of rotatable bonds is 6. The molecule has 1 heterocycles. The summed E-state index contributed by atoms with van der Waals surface area (Å²) in [5, 5.41) is 9.03. The molecule has 1 amide bonds. The molecule has 0 aliphatic carbocycles. The largest absolute Gasteiger partial charge is 0.481 e. The molecular weight excluding hydrogens is 356 g/mol. The number of nitrogens with zero attached hydrogens (tertiary/aromatic N) is 2. The normalized spacial score (nSPS) is 11.2. The van der Waals surface area contributed by atoms with E-state index in [1.165, 1.54) is 0 Å². The fraction of sp³-hybridized carbons (Fsp3) is 0.409. The van der Waals surface area contributed by atoms with Gasteiger partial charge in [0.1, 0.15) is 5.60 Å². The van der Waals surface area contributed by atoms with Crippen molar-refractivity contribution in [3.63, 3.8) is 0 Å². The quantitative estimate of drug-likeness (QED) is 0.796. The average Bonchev–Trinajstić information content (AvgIpc) is 2.57. The Morgan fingerprint density at radius 3 is 2.50 bits per heavy atom. The lowest BCUT2D eigenvalue weighted by Crippen LogP contribution is -2.36. The Morgan fingerprint density at radius 2 is 1.89 bits per heavy atom. The molecule has 0 radical (unpaired) electrons. The Labute approximate surface area is 166 Å². The van der Waals surface area contributed by atoms with Gasteiger partial charge in [0, 0.05) is 18.7 Å². The van der Waals surface area contributed by atoms with Crippen LogP contribution in [-0.4, -0.2) is 39.2 Å². The molecule has 1 aromatic carbocycles. The van der Waals surface area contributed by atoms with E-state index in [2.05, 4.69) is 4.98 Å². The molecule has 2 rings (SSSR count). The summed E-state index contributed by atoms with van der Waals surface area (Å²) in [6.45, 7) is 10.3. The SMILES string of the molecule is CCN(Cc1cc(C)ccc1-c1cccc(CC(=O)O)n1)C(=O)OC(C)(C)C. The van der Waals surface area contributed by atoms with Gasteiger partial charge >= 0.3 is 12.1 Å². The highest BCUT2D eigenvalue weighted by Gasteiger charge is 2.22. The fourth-order valence-electron chi connectivity index (χ4n) is 2.82. The number of hydrogen-bond donors (Lipinski definition) is 1. The Morgan fingerprint density at radius 1 is 1.18 bits per heavy atom. The van der Waals surface area contributed by atoms with Crippen molar-refractivity contribution >= 4 is 12.1 Å². The highest BCUT2D eigenvalue weighted by Crippen LogP contribution is 2.25. The van der Waals surface area contributed by atoms with Crippen molar-refractivity contribution in [1.29, 1.82) is 0 Å². The molecule has 0 unspecified atom stereocenters. The van der Waals surface area contributed by atoms with Crippen molar-refractivity contribution in [1.82, 2.24) is 9.88 Å². The van der Waals surface area contributed by atoms with Crippen LogP contribution in [0.25, 0.3) is 11.3 Å². The third-order valence-electron chi connectivity index (χ3n) is 4.07. The van der Waals surface area contributed by atoms with Gasteiger partial charge in [-0.05, 0) is 52.3 Å². The number of aliphatic carboxylic acids is 1. The van der Waals surface area contributed by atoms with Crippen LogP contribution in [0.5, 0.6) is 0 Å². The van der Waals surface area contributed by atoms with Gasteiger partial charge in [-0.25, -0.2) is 4.79 Å². The van der Waals surface area contributed by atoms with Gasteiger partial charge in [-0.3, -0.25) is 9.78 Å². The molecule has 1 N–H and O–H groups in total. The highest BCUT2D eigenvalue weighted by molar-refractivity contribution is 5.71. The van der Waals surface area contributed by atoms with Crippen molar-refractivity contribution in [3.05, 3.63) is 53.2 Å². The molecule has 0 aliphatic heterocycles. The Kier molecular flexibility index (Phi) is 6.78. The third kappa shape index (κ3) is 6.08. The number of carbonyl (C=O) groups is 2. The van der Waals surface area contributed by atoms with E-state index in [1.807, 2.05) is 58.9 Å². The molecule has 6 nitrogen and oxygen atoms in total. The van der Waals surface area contributed by atoms with Gasteiger partial charge in [-0.1, -0.05) is 29.8 Å². The van der Waals surface area contributed by atoms with Gasteiger partial charge in [0.25, 0.3) is 0 Å². The molecule has 0 saturated heterocycles. The molecule has 0 fully saturated rings. The number of ether oxygens (including phenoxy) is 1. The van der Waals surface area contributed by atoms with Crippen LogP contribution < -0.4 is 0 Å². The zero-order valence-electron chi connectivity index (χ0n) is 17.2. The number of pyridine rings is 1. The van der Waals surface area contributed by atoms with E-state index in [4.69, 9.17) is 9.84 Å². The molecule has 28 heavy (non-hydrogen) atoms. The number of benzene rings is 1. The number of carboxylic acids is 1. The van der Waals surface area contributed by atoms with Crippen molar-refractivity contribution in [2.24, 2.45) is 0 Å². The summed E-state index contributed by atoms with van der Waals surface area (Å²) in [5.41, 5.74) is 3.50. The number of carbonyl (C=O) groups excluding carboxylic acids is 1. The zero-order chi connectivity index (χ0) is 20.9. The van der Waals surface area contributed by atoms with Gasteiger partial charge in [-0.15, -0.1) is 0 Å². The van der Waals surface area contributed by atoms with E-state index in [9.17, 15) is 9.59 Å². The minimum Gasteiger partial charge on any atom is -0.481 e. The molecule has 150 valence electrons. The van der Waals surface area contributed by atoms with Gasteiger partial charge in [0.05, 0.1) is 17.8 Å². The maximum Gasteiger partial charge on any atom is 0.410 e. The Bertz CT molecular complexity index is 856. The maximum absolute atomic E-state index is 12.5. The number of carboxylic acid groups (broad SMARTS) is 1. The predicted molar refractivity (Wildman–Crippen MR) is 108 cm³/mol. The van der Waals surface area contributed by atoms with Crippen molar-refractivity contribution in [2.45, 2.75) is 53.2 Å². The van der Waals surface area contributed by atoms with E-state index < -0.39 is 11.6 Å². The van der Waals surface area contributed by atoms with Crippen LogP contribution in [0.2, 0.25) is 0 Å². The summed E-state index contributed by atoms with van der Waals surface area (Å²) in [6.07, 6.45) is -0.497. The van der Waals surface area contributed by atoms with Gasteiger partial charge in [0.15, 0.2) is 0 Å². The lowest BCUT2D eigenvalue weighted by atomic mass is 10.0. The molecule has 0 aliphatic rings. The smallest absolute Gasteiger partial charge is 0.410 e. The first-order chi connectivity index (χ1) is 13.1. The fourth-order valence-corrected chi connectivity index (χ4v) is 2.82. The summed E-state index contributed by atoms with van der Waals surface area (Å²) >= 11 is 0. The molecule has 2 aromatic rings. The van der Waals surface area contributed by atoms with E-state index in [0.29, 0.717) is 24.5 Å². The van der Waals surface area contributed by atoms with Crippen molar-refractivity contribution < 1.29 is 19.4 Å². The minimum absolute atomic E-state index is 0.131. The summed E-state index contributed by atoms with van der Waals surface area (Å²) in [5.74, 6) is -0.920. The number of aromatic nitrogens is 1. The van der Waals surface area contributed by atoms with E-state index in [1.54, 1.807) is 17.0 Å². The van der Waals surface area contributed by atoms with Crippen molar-refractivity contribution in [3.8, 4) is 11.3 Å². The van der Waals surface area contributed by atoms with Crippen LogP contribution in [0.15, 0.2) is 36.4 Å². The number of aryl methyl sites for hydroxylation is 1. The summed E-state index contributed by atoms with van der Waals surface area (Å²) in [6, 6.07) is 11.3. The van der Waals surface area contributed by atoms with Crippen LogP contribution in [0.4, 0.5) is 4.79 Å². The lowest BCUT2D eigenvalue weighted by molar-refractivity contribution is -0.136. The molecule has 6 heteroatoms. The minimum atomic E-state index is -0.920. The molecular formula is C22H28N2O4. The number of hydrogen-bond acceptors (Lipinski definition) is 4.